The maximum absolute atomic E-state index is 13.7. The molecule has 1 aliphatic carbocycles. The molecular formula is C20H22ClFN6S. The summed E-state index contributed by atoms with van der Waals surface area (Å²) < 4.78 is 15.7. The molecule has 0 bridgehead atoms. The third-order valence-corrected chi connectivity index (χ3v) is 7.96. The zero-order valence-corrected chi connectivity index (χ0v) is 17.5. The molecule has 0 amide bonds. The summed E-state index contributed by atoms with van der Waals surface area (Å²) in [6.45, 7) is 1.89. The summed E-state index contributed by atoms with van der Waals surface area (Å²) in [7, 11) is 0. The van der Waals surface area contributed by atoms with Gasteiger partial charge in [-0.15, -0.1) is 0 Å². The van der Waals surface area contributed by atoms with Crippen LogP contribution >= 0.6 is 23.4 Å². The monoisotopic (exact) mass is 432 g/mol. The van der Waals surface area contributed by atoms with Crippen molar-refractivity contribution >= 4 is 35.0 Å². The third-order valence-electron chi connectivity index (χ3n) is 6.42. The van der Waals surface area contributed by atoms with E-state index in [0.29, 0.717) is 16.4 Å². The predicted molar refractivity (Wildman–Crippen MR) is 112 cm³/mol. The molecule has 1 unspecified atom stereocenters. The summed E-state index contributed by atoms with van der Waals surface area (Å²) >= 11 is 7.41. The fraction of sp³-hybridized carbons (Fsp3) is 0.450. The van der Waals surface area contributed by atoms with Crippen molar-refractivity contribution in [3.8, 4) is 0 Å². The lowest BCUT2D eigenvalue weighted by Gasteiger charge is -2.42. The third kappa shape index (κ3) is 3.27. The van der Waals surface area contributed by atoms with Crippen molar-refractivity contribution in [2.45, 2.75) is 47.9 Å². The number of rotatable bonds is 3. The van der Waals surface area contributed by atoms with Crippen molar-refractivity contribution in [3.63, 3.8) is 0 Å². The van der Waals surface area contributed by atoms with Gasteiger partial charge in [0.1, 0.15) is 5.02 Å². The van der Waals surface area contributed by atoms with E-state index in [9.17, 15) is 4.39 Å². The van der Waals surface area contributed by atoms with Crippen molar-refractivity contribution in [1.82, 2.24) is 19.4 Å². The van der Waals surface area contributed by atoms with Gasteiger partial charge in [-0.3, -0.25) is 4.40 Å². The number of aromatic nitrogens is 4. The summed E-state index contributed by atoms with van der Waals surface area (Å²) in [4.78, 5) is 16.5. The molecule has 6 nitrogen and oxygen atoms in total. The molecule has 2 aliphatic rings. The van der Waals surface area contributed by atoms with Crippen molar-refractivity contribution in [3.05, 3.63) is 41.8 Å². The highest BCUT2D eigenvalue weighted by atomic mass is 35.5. The molecule has 1 spiro atoms. The molecule has 4 heterocycles. The average molecular weight is 433 g/mol. The fourth-order valence-corrected chi connectivity index (χ4v) is 5.84. The number of hydrogen-bond acceptors (Lipinski definition) is 6. The largest absolute Gasteiger partial charge is 0.342 e. The minimum atomic E-state index is -0.673. The van der Waals surface area contributed by atoms with E-state index in [0.717, 1.165) is 48.8 Å². The molecule has 3 aromatic rings. The van der Waals surface area contributed by atoms with E-state index in [1.54, 1.807) is 18.5 Å². The lowest BCUT2D eigenvalue weighted by Crippen LogP contribution is -2.47. The number of imidazole rings is 1. The lowest BCUT2D eigenvalue weighted by atomic mass is 9.74. The summed E-state index contributed by atoms with van der Waals surface area (Å²) in [5.41, 5.74) is 7.52. The maximum atomic E-state index is 13.7. The van der Waals surface area contributed by atoms with Crippen molar-refractivity contribution < 1.29 is 4.39 Å². The van der Waals surface area contributed by atoms with Gasteiger partial charge in [0.05, 0.1) is 4.90 Å². The van der Waals surface area contributed by atoms with Crippen LogP contribution in [0.1, 0.15) is 32.1 Å². The van der Waals surface area contributed by atoms with Crippen molar-refractivity contribution in [2.24, 2.45) is 11.1 Å². The number of halogens is 2. The summed E-state index contributed by atoms with van der Waals surface area (Å²) in [5, 5.41) is 0.0144. The molecule has 0 aromatic carbocycles. The number of hydrogen-bond donors (Lipinski definition) is 1. The van der Waals surface area contributed by atoms with Crippen LogP contribution in [0.2, 0.25) is 5.02 Å². The average Bonchev–Trinajstić information content (AvgIpc) is 3.35. The van der Waals surface area contributed by atoms with Crippen LogP contribution in [0, 0.1) is 11.4 Å². The van der Waals surface area contributed by atoms with Crippen LogP contribution < -0.4 is 10.6 Å². The second kappa shape index (κ2) is 7.41. The Labute approximate surface area is 177 Å². The topological polar surface area (TPSA) is 72.3 Å². The normalized spacial score (nSPS) is 21.3. The Morgan fingerprint density at radius 2 is 1.97 bits per heavy atom. The minimum Gasteiger partial charge on any atom is -0.342 e. The summed E-state index contributed by atoms with van der Waals surface area (Å²) in [5.74, 6) is 0.211. The number of nitrogens with zero attached hydrogens (tertiary/aromatic N) is 5. The van der Waals surface area contributed by atoms with Gasteiger partial charge in [0.2, 0.25) is 11.9 Å². The zero-order chi connectivity index (χ0) is 20.0. The second-order valence-corrected chi connectivity index (χ2v) is 9.37. The van der Waals surface area contributed by atoms with E-state index in [2.05, 4.69) is 14.9 Å². The van der Waals surface area contributed by atoms with Gasteiger partial charge in [-0.2, -0.15) is 4.39 Å². The number of piperidine rings is 1. The first-order chi connectivity index (χ1) is 14.1. The van der Waals surface area contributed by atoms with Gasteiger partial charge in [-0.25, -0.2) is 15.0 Å². The minimum absolute atomic E-state index is 0.0144. The van der Waals surface area contributed by atoms with Crippen LogP contribution in [0.25, 0.3) is 5.65 Å². The Kier molecular flexibility index (Phi) is 4.88. The molecule has 1 saturated heterocycles. The summed E-state index contributed by atoms with van der Waals surface area (Å²) in [6, 6.07) is 2.02. The fourth-order valence-electron chi connectivity index (χ4n) is 4.73. The molecule has 0 radical (unpaired) electrons. The lowest BCUT2D eigenvalue weighted by molar-refractivity contribution is 0.197. The van der Waals surface area contributed by atoms with Gasteiger partial charge >= 0.3 is 0 Å². The molecule has 1 atom stereocenters. The molecule has 9 heteroatoms. The van der Waals surface area contributed by atoms with Crippen LogP contribution in [-0.2, 0) is 0 Å². The van der Waals surface area contributed by atoms with E-state index < -0.39 is 5.95 Å². The van der Waals surface area contributed by atoms with E-state index >= 15 is 0 Å². The van der Waals surface area contributed by atoms with Crippen LogP contribution in [0.15, 0.2) is 40.6 Å². The highest BCUT2D eigenvalue weighted by molar-refractivity contribution is 7.99. The highest BCUT2D eigenvalue weighted by Crippen LogP contribution is 2.46. The van der Waals surface area contributed by atoms with Crippen LogP contribution in [0.4, 0.5) is 10.3 Å². The smallest absolute Gasteiger partial charge is 0.232 e. The van der Waals surface area contributed by atoms with Gasteiger partial charge in [-0.1, -0.05) is 29.8 Å². The number of pyridine rings is 1. The van der Waals surface area contributed by atoms with Crippen molar-refractivity contribution in [2.75, 3.05) is 18.0 Å². The van der Waals surface area contributed by atoms with Gasteiger partial charge in [0, 0.05) is 48.8 Å². The molecule has 3 aromatic heterocycles. The van der Waals surface area contributed by atoms with Crippen LogP contribution in [0.3, 0.4) is 0 Å². The van der Waals surface area contributed by atoms with Gasteiger partial charge < -0.3 is 10.6 Å². The Morgan fingerprint density at radius 3 is 2.72 bits per heavy atom. The van der Waals surface area contributed by atoms with E-state index in [4.69, 9.17) is 22.3 Å². The number of fused-ring (bicyclic) bond motifs is 1. The van der Waals surface area contributed by atoms with Crippen molar-refractivity contribution in [1.29, 1.82) is 0 Å². The van der Waals surface area contributed by atoms with E-state index in [1.807, 2.05) is 10.6 Å². The molecule has 152 valence electrons. The zero-order valence-electron chi connectivity index (χ0n) is 15.9. The number of anilines is 1. The molecule has 29 heavy (non-hydrogen) atoms. The molecule has 2 fully saturated rings. The quantitative estimate of drug-likeness (QED) is 0.626. The van der Waals surface area contributed by atoms with Gasteiger partial charge in [-0.05, 0) is 37.2 Å². The number of nitrogens with two attached hydrogens (primary N) is 1. The summed E-state index contributed by atoms with van der Waals surface area (Å²) in [6.07, 6.45) is 12.7. The predicted octanol–water partition coefficient (Wildman–Crippen LogP) is 4.17. The van der Waals surface area contributed by atoms with E-state index in [1.165, 1.54) is 30.8 Å². The first-order valence-electron chi connectivity index (χ1n) is 9.88. The van der Waals surface area contributed by atoms with E-state index in [-0.39, 0.29) is 5.02 Å². The molecule has 5 rings (SSSR count). The standard InChI is InChI=1S/C20H22ClFN6S/c21-16-13(3-7-24-17(16)22)29-14-12-26-19(28-11-8-25-18(14)28)27-9-5-20(6-10-27)4-1-2-15(20)23/h3,7-8,11-12,15H,1-2,4-6,9-10,23H2. The SMILES string of the molecule is NC1CCCC12CCN(c1ncc(Sc3ccnc(F)c3Cl)c3nccn13)CC2. The Balaban J connectivity index is 1.42. The first-order valence-corrected chi connectivity index (χ1v) is 11.1. The van der Waals surface area contributed by atoms with Gasteiger partial charge in [0.25, 0.3) is 0 Å². The second-order valence-electron chi connectivity index (χ2n) is 7.91. The van der Waals surface area contributed by atoms with Crippen LogP contribution in [-0.4, -0.2) is 38.5 Å². The molecule has 1 aliphatic heterocycles. The van der Waals surface area contributed by atoms with Gasteiger partial charge in [0.15, 0.2) is 5.65 Å². The van der Waals surface area contributed by atoms with Crippen LogP contribution in [0.5, 0.6) is 0 Å². The Morgan fingerprint density at radius 1 is 1.14 bits per heavy atom. The molecule has 2 N–H and O–H groups in total. The Bertz CT molecular complexity index is 1050. The molecule has 1 saturated carbocycles. The maximum Gasteiger partial charge on any atom is 0.232 e. The Hall–Kier alpha value is -1.90. The highest BCUT2D eigenvalue weighted by Gasteiger charge is 2.43. The molecular weight excluding hydrogens is 411 g/mol. The first kappa shape index (κ1) is 19.1.